The molecule has 122 valence electrons. The lowest BCUT2D eigenvalue weighted by atomic mass is 10.1. The molecule has 1 aliphatic heterocycles. The predicted octanol–water partition coefficient (Wildman–Crippen LogP) is 2.94. The molecule has 2 aromatic carbocycles. The van der Waals surface area contributed by atoms with Crippen LogP contribution in [0.15, 0.2) is 59.5 Å². The highest BCUT2D eigenvalue weighted by Gasteiger charge is 2.24. The van der Waals surface area contributed by atoms with E-state index >= 15 is 0 Å². The van der Waals surface area contributed by atoms with Crippen LogP contribution in [-0.2, 0) is 10.0 Å². The summed E-state index contributed by atoms with van der Waals surface area (Å²) in [7, 11) is -3.43. The standard InChI is InChI=1S/C18H22N2O2S/c1-15-7-9-18(10-8-15)23(21,22)19-16-11-13-20(14-12-16)17-5-3-2-4-6-17/h2-10,16,19H,11-14H2,1H3. The van der Waals surface area contributed by atoms with Gasteiger partial charge in [0, 0.05) is 24.8 Å². The zero-order valence-electron chi connectivity index (χ0n) is 13.3. The molecule has 0 bridgehead atoms. The molecule has 0 radical (unpaired) electrons. The van der Waals surface area contributed by atoms with Crippen molar-refractivity contribution in [2.45, 2.75) is 30.7 Å². The third-order valence-electron chi connectivity index (χ3n) is 4.27. The fourth-order valence-corrected chi connectivity index (χ4v) is 4.20. The normalized spacial score (nSPS) is 16.5. The summed E-state index contributed by atoms with van der Waals surface area (Å²) in [6, 6.07) is 17.2. The number of hydrogen-bond donors (Lipinski definition) is 1. The molecule has 3 rings (SSSR count). The molecule has 23 heavy (non-hydrogen) atoms. The molecule has 1 N–H and O–H groups in total. The summed E-state index contributed by atoms with van der Waals surface area (Å²) in [5.41, 5.74) is 2.26. The van der Waals surface area contributed by atoms with Crippen molar-refractivity contribution in [3.8, 4) is 0 Å². The Balaban J connectivity index is 1.61. The highest BCUT2D eigenvalue weighted by atomic mass is 32.2. The lowest BCUT2D eigenvalue weighted by Gasteiger charge is -2.33. The van der Waals surface area contributed by atoms with Crippen LogP contribution in [0.4, 0.5) is 5.69 Å². The van der Waals surface area contributed by atoms with Crippen molar-refractivity contribution in [3.63, 3.8) is 0 Å². The number of sulfonamides is 1. The molecule has 4 nitrogen and oxygen atoms in total. The number of anilines is 1. The number of para-hydroxylation sites is 1. The third kappa shape index (κ3) is 3.92. The minimum absolute atomic E-state index is 0.00117. The van der Waals surface area contributed by atoms with Crippen LogP contribution in [0.3, 0.4) is 0 Å². The molecular weight excluding hydrogens is 308 g/mol. The molecule has 1 saturated heterocycles. The maximum atomic E-state index is 12.4. The molecule has 0 spiro atoms. The second-order valence-corrected chi connectivity index (χ2v) is 7.75. The van der Waals surface area contributed by atoms with E-state index in [4.69, 9.17) is 0 Å². The summed E-state index contributed by atoms with van der Waals surface area (Å²) >= 11 is 0. The van der Waals surface area contributed by atoms with Gasteiger partial charge in [0.1, 0.15) is 0 Å². The first-order valence-corrected chi connectivity index (χ1v) is 9.42. The molecule has 0 aromatic heterocycles. The van der Waals surface area contributed by atoms with E-state index in [1.165, 1.54) is 5.69 Å². The van der Waals surface area contributed by atoms with Crippen LogP contribution in [0.1, 0.15) is 18.4 Å². The van der Waals surface area contributed by atoms with E-state index in [9.17, 15) is 8.42 Å². The van der Waals surface area contributed by atoms with Gasteiger partial charge in [-0.3, -0.25) is 0 Å². The molecule has 0 amide bonds. The molecule has 1 aliphatic rings. The molecule has 0 aliphatic carbocycles. The van der Waals surface area contributed by atoms with Gasteiger partial charge in [0.2, 0.25) is 10.0 Å². The van der Waals surface area contributed by atoms with Gasteiger partial charge in [-0.25, -0.2) is 13.1 Å². The Morgan fingerprint density at radius 2 is 1.57 bits per heavy atom. The van der Waals surface area contributed by atoms with Crippen LogP contribution < -0.4 is 9.62 Å². The summed E-state index contributed by atoms with van der Waals surface area (Å²) < 4.78 is 27.7. The van der Waals surface area contributed by atoms with Crippen molar-refractivity contribution in [2.75, 3.05) is 18.0 Å². The van der Waals surface area contributed by atoms with Gasteiger partial charge in [-0.2, -0.15) is 0 Å². The van der Waals surface area contributed by atoms with Crippen LogP contribution in [0.25, 0.3) is 0 Å². The topological polar surface area (TPSA) is 49.4 Å². The average molecular weight is 330 g/mol. The minimum Gasteiger partial charge on any atom is -0.371 e. The lowest BCUT2D eigenvalue weighted by molar-refractivity contribution is 0.460. The predicted molar refractivity (Wildman–Crippen MR) is 93.2 cm³/mol. The largest absolute Gasteiger partial charge is 0.371 e. The Labute approximate surface area is 138 Å². The average Bonchev–Trinajstić information content (AvgIpc) is 2.56. The van der Waals surface area contributed by atoms with Gasteiger partial charge in [-0.1, -0.05) is 35.9 Å². The number of piperidine rings is 1. The zero-order chi connectivity index (χ0) is 16.3. The number of rotatable bonds is 4. The maximum Gasteiger partial charge on any atom is 0.240 e. The summed E-state index contributed by atoms with van der Waals surface area (Å²) in [4.78, 5) is 2.64. The van der Waals surface area contributed by atoms with Crippen LogP contribution in [0.5, 0.6) is 0 Å². The maximum absolute atomic E-state index is 12.4. The van der Waals surface area contributed by atoms with Crippen LogP contribution in [0, 0.1) is 6.92 Å². The van der Waals surface area contributed by atoms with Gasteiger partial charge in [0.05, 0.1) is 4.90 Å². The van der Waals surface area contributed by atoms with Gasteiger partial charge < -0.3 is 4.90 Å². The third-order valence-corrected chi connectivity index (χ3v) is 5.81. The second-order valence-electron chi connectivity index (χ2n) is 6.03. The Morgan fingerprint density at radius 3 is 2.17 bits per heavy atom. The first kappa shape index (κ1) is 16.0. The van der Waals surface area contributed by atoms with E-state index < -0.39 is 10.0 Å². The Morgan fingerprint density at radius 1 is 0.957 bits per heavy atom. The summed E-state index contributed by atoms with van der Waals surface area (Å²) in [5.74, 6) is 0. The van der Waals surface area contributed by atoms with Gasteiger partial charge in [-0.05, 0) is 44.0 Å². The van der Waals surface area contributed by atoms with Gasteiger partial charge in [0.15, 0.2) is 0 Å². The Hall–Kier alpha value is -1.85. The molecular formula is C18H22N2O2S. The van der Waals surface area contributed by atoms with Crippen molar-refractivity contribution in [3.05, 3.63) is 60.2 Å². The van der Waals surface area contributed by atoms with Gasteiger partial charge in [0.25, 0.3) is 0 Å². The molecule has 1 heterocycles. The summed E-state index contributed by atoms with van der Waals surface area (Å²) in [5, 5.41) is 0. The van der Waals surface area contributed by atoms with Crippen molar-refractivity contribution in [1.82, 2.24) is 4.72 Å². The van der Waals surface area contributed by atoms with Crippen LogP contribution in [0.2, 0.25) is 0 Å². The van der Waals surface area contributed by atoms with Gasteiger partial charge in [-0.15, -0.1) is 0 Å². The number of hydrogen-bond acceptors (Lipinski definition) is 3. The fraction of sp³-hybridized carbons (Fsp3) is 0.333. The molecule has 5 heteroatoms. The lowest BCUT2D eigenvalue weighted by Crippen LogP contribution is -2.44. The van der Waals surface area contributed by atoms with Crippen LogP contribution in [-0.4, -0.2) is 27.5 Å². The summed E-state index contributed by atoms with van der Waals surface area (Å²) in [6.45, 7) is 3.68. The monoisotopic (exact) mass is 330 g/mol. The smallest absolute Gasteiger partial charge is 0.240 e. The SMILES string of the molecule is Cc1ccc(S(=O)(=O)NC2CCN(c3ccccc3)CC2)cc1. The second kappa shape index (κ2) is 6.72. The Bertz CT molecular complexity index is 734. The van der Waals surface area contributed by atoms with E-state index in [-0.39, 0.29) is 6.04 Å². The fourth-order valence-electron chi connectivity index (χ4n) is 2.90. The molecule has 1 fully saturated rings. The Kier molecular flexibility index (Phi) is 4.68. The first-order valence-electron chi connectivity index (χ1n) is 7.93. The number of nitrogens with zero attached hydrogens (tertiary/aromatic N) is 1. The van der Waals surface area contributed by atoms with Crippen molar-refractivity contribution in [1.29, 1.82) is 0 Å². The van der Waals surface area contributed by atoms with Crippen molar-refractivity contribution in [2.24, 2.45) is 0 Å². The van der Waals surface area contributed by atoms with E-state index in [1.54, 1.807) is 12.1 Å². The van der Waals surface area contributed by atoms with E-state index in [0.29, 0.717) is 4.90 Å². The summed E-state index contributed by atoms with van der Waals surface area (Å²) in [6.07, 6.45) is 1.64. The van der Waals surface area contributed by atoms with Crippen LogP contribution >= 0.6 is 0 Å². The highest BCUT2D eigenvalue weighted by Crippen LogP contribution is 2.20. The van der Waals surface area contributed by atoms with Gasteiger partial charge >= 0.3 is 0 Å². The van der Waals surface area contributed by atoms with Crippen molar-refractivity contribution < 1.29 is 8.42 Å². The number of benzene rings is 2. The number of aryl methyl sites for hydroxylation is 1. The quantitative estimate of drug-likeness (QED) is 0.938. The minimum atomic E-state index is -3.43. The molecule has 0 unspecified atom stereocenters. The van der Waals surface area contributed by atoms with E-state index in [1.807, 2.05) is 37.3 Å². The van der Waals surface area contributed by atoms with E-state index in [2.05, 4.69) is 21.8 Å². The molecule has 2 aromatic rings. The zero-order valence-corrected chi connectivity index (χ0v) is 14.1. The molecule has 0 saturated carbocycles. The molecule has 0 atom stereocenters. The first-order chi connectivity index (χ1) is 11.0. The highest BCUT2D eigenvalue weighted by molar-refractivity contribution is 7.89. The van der Waals surface area contributed by atoms with Crippen molar-refractivity contribution >= 4 is 15.7 Å². The van der Waals surface area contributed by atoms with E-state index in [0.717, 1.165) is 31.5 Å². The number of nitrogens with one attached hydrogen (secondary N) is 1.